The number of hydrogen-bond acceptors (Lipinski definition) is 3. The number of non-ortho nitro benzene ring substituents is 1. The second-order valence-electron chi connectivity index (χ2n) is 3.05. The third kappa shape index (κ3) is 4.00. The highest BCUT2D eigenvalue weighted by Crippen LogP contribution is 2.06. The average molecular weight is 194 g/mol. The molecule has 0 radical (unpaired) electrons. The first-order valence-corrected chi connectivity index (χ1v) is 4.71. The lowest BCUT2D eigenvalue weighted by Gasteiger charge is -1.85. The van der Waals surface area contributed by atoms with Crippen LogP contribution in [0.15, 0.2) is 30.3 Å². The Bertz CT molecular complexity index is 263. The van der Waals surface area contributed by atoms with Crippen LogP contribution < -0.4 is 5.32 Å². The molecule has 1 N–H and O–H groups in total. The first-order valence-electron chi connectivity index (χ1n) is 4.71. The van der Waals surface area contributed by atoms with Gasteiger partial charge in [-0.25, -0.2) is 0 Å². The van der Waals surface area contributed by atoms with Crippen molar-refractivity contribution in [2.45, 2.75) is 12.8 Å². The van der Waals surface area contributed by atoms with Crippen LogP contribution in [0.2, 0.25) is 0 Å². The Balaban J connectivity index is 0.000000165. The van der Waals surface area contributed by atoms with Crippen LogP contribution in [-0.2, 0) is 0 Å². The fourth-order valence-corrected chi connectivity index (χ4v) is 1.17. The van der Waals surface area contributed by atoms with E-state index in [0.717, 1.165) is 0 Å². The summed E-state index contributed by atoms with van der Waals surface area (Å²) in [5.74, 6) is 0. The Morgan fingerprint density at radius 1 is 1.14 bits per heavy atom. The van der Waals surface area contributed by atoms with E-state index in [1.165, 1.54) is 38.1 Å². The lowest BCUT2D eigenvalue weighted by Crippen LogP contribution is -2.03. The van der Waals surface area contributed by atoms with Gasteiger partial charge in [0.2, 0.25) is 0 Å². The van der Waals surface area contributed by atoms with Crippen LogP contribution in [0.5, 0.6) is 0 Å². The number of nitro groups is 1. The molecule has 1 aliphatic rings. The number of nitro benzene ring substituents is 1. The van der Waals surface area contributed by atoms with Gasteiger partial charge < -0.3 is 5.32 Å². The highest BCUT2D eigenvalue weighted by atomic mass is 16.6. The molecule has 1 saturated heterocycles. The summed E-state index contributed by atoms with van der Waals surface area (Å²) >= 11 is 0. The molecule has 0 atom stereocenters. The van der Waals surface area contributed by atoms with Crippen molar-refractivity contribution in [1.82, 2.24) is 5.32 Å². The zero-order valence-corrected chi connectivity index (χ0v) is 7.98. The van der Waals surface area contributed by atoms with Crippen LogP contribution in [0.4, 0.5) is 5.69 Å². The highest BCUT2D eigenvalue weighted by Gasteiger charge is 1.98. The van der Waals surface area contributed by atoms with Crippen LogP contribution in [0, 0.1) is 10.1 Å². The molecule has 0 amide bonds. The topological polar surface area (TPSA) is 55.2 Å². The molecule has 4 nitrogen and oxygen atoms in total. The summed E-state index contributed by atoms with van der Waals surface area (Å²) in [6.45, 7) is 2.50. The molecule has 0 unspecified atom stereocenters. The summed E-state index contributed by atoms with van der Waals surface area (Å²) in [5.41, 5.74) is 0.137. The smallest absolute Gasteiger partial charge is 0.269 e. The normalized spacial score (nSPS) is 14.3. The molecule has 76 valence electrons. The predicted molar refractivity (Wildman–Crippen MR) is 55.2 cm³/mol. The van der Waals surface area contributed by atoms with Crippen molar-refractivity contribution in [3.8, 4) is 0 Å². The molecular formula is C10H14N2O2. The fourth-order valence-electron chi connectivity index (χ4n) is 1.17. The van der Waals surface area contributed by atoms with Crippen molar-refractivity contribution in [2.24, 2.45) is 0 Å². The minimum absolute atomic E-state index is 0.137. The summed E-state index contributed by atoms with van der Waals surface area (Å²) in [5, 5.41) is 13.2. The SMILES string of the molecule is C1CCNC1.O=[N+]([O-])c1ccccc1. The van der Waals surface area contributed by atoms with Gasteiger partial charge in [-0.05, 0) is 25.9 Å². The van der Waals surface area contributed by atoms with E-state index in [1.54, 1.807) is 18.2 Å². The molecule has 4 heteroatoms. The van der Waals surface area contributed by atoms with Crippen LogP contribution in [0.25, 0.3) is 0 Å². The number of nitrogens with zero attached hydrogens (tertiary/aromatic N) is 1. The Labute approximate surface area is 83.1 Å². The van der Waals surface area contributed by atoms with E-state index in [4.69, 9.17) is 0 Å². The molecule has 0 aromatic heterocycles. The monoisotopic (exact) mass is 194 g/mol. The Morgan fingerprint density at radius 3 is 2.00 bits per heavy atom. The molecule has 0 spiro atoms. The molecule has 1 aliphatic heterocycles. The maximum atomic E-state index is 10.0. The molecule has 0 bridgehead atoms. The summed E-state index contributed by atoms with van der Waals surface area (Å²) < 4.78 is 0. The van der Waals surface area contributed by atoms with E-state index in [1.807, 2.05) is 0 Å². The molecule has 1 aromatic rings. The van der Waals surface area contributed by atoms with E-state index in [2.05, 4.69) is 5.32 Å². The minimum Gasteiger partial charge on any atom is -0.317 e. The Hall–Kier alpha value is -1.42. The molecule has 0 saturated carbocycles. The number of rotatable bonds is 1. The number of benzene rings is 1. The number of para-hydroxylation sites is 1. The second kappa shape index (κ2) is 6.10. The first-order chi connectivity index (χ1) is 6.80. The van der Waals surface area contributed by atoms with E-state index in [0.29, 0.717) is 0 Å². The third-order valence-electron chi connectivity index (χ3n) is 1.92. The third-order valence-corrected chi connectivity index (χ3v) is 1.92. The average Bonchev–Trinajstić information content (AvgIpc) is 2.77. The molecule has 1 fully saturated rings. The van der Waals surface area contributed by atoms with Gasteiger partial charge in [0.05, 0.1) is 4.92 Å². The van der Waals surface area contributed by atoms with Crippen molar-refractivity contribution in [1.29, 1.82) is 0 Å². The van der Waals surface area contributed by atoms with Crippen molar-refractivity contribution >= 4 is 5.69 Å². The van der Waals surface area contributed by atoms with Gasteiger partial charge in [0, 0.05) is 12.1 Å². The van der Waals surface area contributed by atoms with Gasteiger partial charge in [-0.1, -0.05) is 18.2 Å². The zero-order valence-electron chi connectivity index (χ0n) is 7.98. The van der Waals surface area contributed by atoms with Gasteiger partial charge in [-0.2, -0.15) is 0 Å². The Kier molecular flexibility index (Phi) is 4.64. The second-order valence-corrected chi connectivity index (χ2v) is 3.05. The maximum Gasteiger partial charge on any atom is 0.269 e. The van der Waals surface area contributed by atoms with Crippen molar-refractivity contribution in [3.63, 3.8) is 0 Å². The largest absolute Gasteiger partial charge is 0.317 e. The van der Waals surface area contributed by atoms with Crippen LogP contribution in [0.3, 0.4) is 0 Å². The molecule has 14 heavy (non-hydrogen) atoms. The minimum atomic E-state index is -0.417. The van der Waals surface area contributed by atoms with Crippen molar-refractivity contribution in [2.75, 3.05) is 13.1 Å². The number of hydrogen-bond donors (Lipinski definition) is 1. The predicted octanol–water partition coefficient (Wildman–Crippen LogP) is 1.96. The van der Waals surface area contributed by atoms with Gasteiger partial charge in [0.15, 0.2) is 0 Å². The standard InChI is InChI=1S/C6H5NO2.C4H9N/c8-7(9)6-4-2-1-3-5-6;1-2-4-5-3-1/h1-5H;5H,1-4H2. The van der Waals surface area contributed by atoms with Gasteiger partial charge in [0.25, 0.3) is 5.69 Å². The molecule has 1 heterocycles. The van der Waals surface area contributed by atoms with E-state index >= 15 is 0 Å². The van der Waals surface area contributed by atoms with Crippen LogP contribution >= 0.6 is 0 Å². The van der Waals surface area contributed by atoms with Gasteiger partial charge in [-0.3, -0.25) is 10.1 Å². The number of nitrogens with one attached hydrogen (secondary N) is 1. The summed E-state index contributed by atoms with van der Waals surface area (Å²) in [6, 6.07) is 7.93. The van der Waals surface area contributed by atoms with E-state index < -0.39 is 4.92 Å². The molecule has 1 aromatic carbocycles. The van der Waals surface area contributed by atoms with E-state index in [9.17, 15) is 10.1 Å². The summed E-state index contributed by atoms with van der Waals surface area (Å²) in [6.07, 6.45) is 2.78. The van der Waals surface area contributed by atoms with Gasteiger partial charge in [0.1, 0.15) is 0 Å². The summed E-state index contributed by atoms with van der Waals surface area (Å²) in [7, 11) is 0. The highest BCUT2D eigenvalue weighted by molar-refractivity contribution is 5.27. The van der Waals surface area contributed by atoms with Crippen LogP contribution in [0.1, 0.15) is 12.8 Å². The van der Waals surface area contributed by atoms with Crippen molar-refractivity contribution in [3.05, 3.63) is 40.4 Å². The lowest BCUT2D eigenvalue weighted by molar-refractivity contribution is -0.384. The molecule has 2 rings (SSSR count). The molecular weight excluding hydrogens is 180 g/mol. The maximum absolute atomic E-state index is 10.0. The fraction of sp³-hybridized carbons (Fsp3) is 0.400. The molecule has 0 aliphatic carbocycles. The van der Waals surface area contributed by atoms with Gasteiger partial charge >= 0.3 is 0 Å². The zero-order chi connectivity index (χ0) is 10.2. The van der Waals surface area contributed by atoms with E-state index in [-0.39, 0.29) is 5.69 Å². The van der Waals surface area contributed by atoms with Crippen LogP contribution in [-0.4, -0.2) is 18.0 Å². The summed E-state index contributed by atoms with van der Waals surface area (Å²) in [4.78, 5) is 9.59. The van der Waals surface area contributed by atoms with Gasteiger partial charge in [-0.15, -0.1) is 0 Å². The first kappa shape index (κ1) is 10.7. The van der Waals surface area contributed by atoms with Crippen molar-refractivity contribution < 1.29 is 4.92 Å². The lowest BCUT2D eigenvalue weighted by atomic mass is 10.3. The Morgan fingerprint density at radius 2 is 1.71 bits per heavy atom. The quantitative estimate of drug-likeness (QED) is 0.549.